The molecule has 1 aliphatic rings. The van der Waals surface area contributed by atoms with E-state index in [1.54, 1.807) is 0 Å². The van der Waals surface area contributed by atoms with Crippen molar-refractivity contribution in [1.29, 1.82) is 0 Å². The number of nitrogens with two attached hydrogens (primary N) is 2. The molecule has 5 nitrogen and oxygen atoms in total. The summed E-state index contributed by atoms with van der Waals surface area (Å²) in [5, 5.41) is 9.56. The molecule has 0 aromatic carbocycles. The Morgan fingerprint density at radius 1 is 1.62 bits per heavy atom. The van der Waals surface area contributed by atoms with Crippen LogP contribution in [-0.4, -0.2) is 42.8 Å². The van der Waals surface area contributed by atoms with E-state index < -0.39 is 18.4 Å². The SMILES string of the molecule is CO[C@H]1OC(C(C)N)CC(O)C1N. The van der Waals surface area contributed by atoms with E-state index in [9.17, 15) is 5.11 Å². The van der Waals surface area contributed by atoms with Gasteiger partial charge in [0.25, 0.3) is 0 Å². The highest BCUT2D eigenvalue weighted by Crippen LogP contribution is 2.20. The monoisotopic (exact) mass is 190 g/mol. The second-order valence-corrected chi connectivity index (χ2v) is 3.52. The molecule has 5 N–H and O–H groups in total. The average Bonchev–Trinajstić information content (AvgIpc) is 2.09. The van der Waals surface area contributed by atoms with Crippen LogP contribution in [0.1, 0.15) is 13.3 Å². The fourth-order valence-corrected chi connectivity index (χ4v) is 1.45. The Bertz CT molecular complexity index is 165. The predicted molar refractivity (Wildman–Crippen MR) is 47.9 cm³/mol. The quantitative estimate of drug-likeness (QED) is 0.508. The minimum atomic E-state index is -0.602. The first-order chi connectivity index (χ1) is 6.06. The maximum Gasteiger partial charge on any atom is 0.175 e. The van der Waals surface area contributed by atoms with Crippen LogP contribution >= 0.6 is 0 Å². The van der Waals surface area contributed by atoms with Gasteiger partial charge < -0.3 is 26.0 Å². The van der Waals surface area contributed by atoms with Crippen molar-refractivity contribution < 1.29 is 14.6 Å². The van der Waals surface area contributed by atoms with Crippen molar-refractivity contribution in [3.8, 4) is 0 Å². The number of aliphatic hydroxyl groups excluding tert-OH is 1. The van der Waals surface area contributed by atoms with Gasteiger partial charge in [-0.2, -0.15) is 0 Å². The summed E-state index contributed by atoms with van der Waals surface area (Å²) in [6.07, 6.45) is -0.868. The van der Waals surface area contributed by atoms with Crippen molar-refractivity contribution in [2.45, 2.75) is 43.9 Å². The third-order valence-corrected chi connectivity index (χ3v) is 2.36. The van der Waals surface area contributed by atoms with Gasteiger partial charge in [0, 0.05) is 19.6 Å². The molecule has 1 fully saturated rings. The first-order valence-corrected chi connectivity index (χ1v) is 4.43. The van der Waals surface area contributed by atoms with Crippen LogP contribution in [0.4, 0.5) is 0 Å². The minimum Gasteiger partial charge on any atom is -0.391 e. The number of rotatable bonds is 2. The zero-order chi connectivity index (χ0) is 10.0. The molecule has 4 unspecified atom stereocenters. The smallest absolute Gasteiger partial charge is 0.175 e. The molecule has 0 spiro atoms. The summed E-state index contributed by atoms with van der Waals surface area (Å²) < 4.78 is 10.4. The Hall–Kier alpha value is -0.200. The molecule has 13 heavy (non-hydrogen) atoms. The summed E-state index contributed by atoms with van der Waals surface area (Å²) in [5.74, 6) is 0. The van der Waals surface area contributed by atoms with Gasteiger partial charge in [-0.15, -0.1) is 0 Å². The van der Waals surface area contributed by atoms with E-state index in [2.05, 4.69) is 0 Å². The molecule has 1 saturated heterocycles. The molecule has 0 saturated carbocycles. The van der Waals surface area contributed by atoms with E-state index in [0.717, 1.165) is 0 Å². The van der Waals surface area contributed by atoms with Gasteiger partial charge in [0.2, 0.25) is 0 Å². The number of ether oxygens (including phenoxy) is 2. The van der Waals surface area contributed by atoms with E-state index in [1.807, 2.05) is 6.92 Å². The van der Waals surface area contributed by atoms with Gasteiger partial charge in [-0.3, -0.25) is 0 Å². The predicted octanol–water partition coefficient (Wildman–Crippen LogP) is -1.22. The van der Waals surface area contributed by atoms with Crippen molar-refractivity contribution in [2.75, 3.05) is 7.11 Å². The third-order valence-electron chi connectivity index (χ3n) is 2.36. The molecule has 1 rings (SSSR count). The first kappa shape index (κ1) is 10.9. The number of hydrogen-bond donors (Lipinski definition) is 3. The lowest BCUT2D eigenvalue weighted by atomic mass is 9.97. The lowest BCUT2D eigenvalue weighted by Gasteiger charge is -2.38. The van der Waals surface area contributed by atoms with Gasteiger partial charge in [0.15, 0.2) is 6.29 Å². The highest BCUT2D eigenvalue weighted by atomic mass is 16.7. The van der Waals surface area contributed by atoms with E-state index in [4.69, 9.17) is 20.9 Å². The van der Waals surface area contributed by atoms with Crippen molar-refractivity contribution in [1.82, 2.24) is 0 Å². The maximum absolute atomic E-state index is 9.56. The highest BCUT2D eigenvalue weighted by molar-refractivity contribution is 4.87. The van der Waals surface area contributed by atoms with E-state index >= 15 is 0 Å². The Morgan fingerprint density at radius 3 is 2.69 bits per heavy atom. The normalized spacial score (nSPS) is 43.2. The van der Waals surface area contributed by atoms with Crippen LogP contribution in [0.15, 0.2) is 0 Å². The molecule has 5 atom stereocenters. The molecule has 0 radical (unpaired) electrons. The number of methoxy groups -OCH3 is 1. The Kier molecular flexibility index (Phi) is 3.63. The van der Waals surface area contributed by atoms with Crippen molar-refractivity contribution in [3.63, 3.8) is 0 Å². The number of aliphatic hydroxyl groups is 1. The highest BCUT2D eigenvalue weighted by Gasteiger charge is 2.36. The maximum atomic E-state index is 9.56. The van der Waals surface area contributed by atoms with Crippen molar-refractivity contribution in [2.24, 2.45) is 11.5 Å². The van der Waals surface area contributed by atoms with Crippen LogP contribution in [-0.2, 0) is 9.47 Å². The van der Waals surface area contributed by atoms with Gasteiger partial charge in [-0.05, 0) is 6.92 Å². The summed E-state index contributed by atoms with van der Waals surface area (Å²) >= 11 is 0. The van der Waals surface area contributed by atoms with Gasteiger partial charge in [0.05, 0.1) is 18.2 Å². The third kappa shape index (κ3) is 2.38. The summed E-state index contributed by atoms with van der Waals surface area (Å²) in [6, 6.07) is -0.611. The van der Waals surface area contributed by atoms with Gasteiger partial charge in [-0.25, -0.2) is 0 Å². The molecule has 5 heteroatoms. The molecule has 0 aromatic heterocycles. The lowest BCUT2D eigenvalue weighted by molar-refractivity contribution is -0.217. The molecule has 0 aromatic rings. The average molecular weight is 190 g/mol. The van der Waals surface area contributed by atoms with Gasteiger partial charge in [0.1, 0.15) is 0 Å². The van der Waals surface area contributed by atoms with Crippen molar-refractivity contribution >= 4 is 0 Å². The second-order valence-electron chi connectivity index (χ2n) is 3.52. The molecule has 78 valence electrons. The molecule has 1 aliphatic heterocycles. The van der Waals surface area contributed by atoms with Crippen LogP contribution in [0, 0.1) is 0 Å². The van der Waals surface area contributed by atoms with Crippen LogP contribution in [0.25, 0.3) is 0 Å². The zero-order valence-corrected chi connectivity index (χ0v) is 8.01. The van der Waals surface area contributed by atoms with Gasteiger partial charge >= 0.3 is 0 Å². The summed E-state index contributed by atoms with van der Waals surface area (Å²) in [6.45, 7) is 1.83. The zero-order valence-electron chi connectivity index (χ0n) is 8.01. The molecule has 1 heterocycles. The van der Waals surface area contributed by atoms with Crippen LogP contribution < -0.4 is 11.5 Å². The topological polar surface area (TPSA) is 90.7 Å². The fraction of sp³-hybridized carbons (Fsp3) is 1.00. The lowest BCUT2D eigenvalue weighted by Crippen LogP contribution is -2.57. The molecular formula is C8H18N2O3. The Labute approximate surface area is 78.0 Å². The molecule has 0 amide bonds. The number of hydrogen-bond acceptors (Lipinski definition) is 5. The fourth-order valence-electron chi connectivity index (χ4n) is 1.45. The largest absolute Gasteiger partial charge is 0.391 e. The van der Waals surface area contributed by atoms with Crippen LogP contribution in [0.3, 0.4) is 0 Å². The van der Waals surface area contributed by atoms with E-state index in [-0.39, 0.29) is 12.1 Å². The van der Waals surface area contributed by atoms with Crippen molar-refractivity contribution in [3.05, 3.63) is 0 Å². The summed E-state index contributed by atoms with van der Waals surface area (Å²) in [5.41, 5.74) is 11.3. The summed E-state index contributed by atoms with van der Waals surface area (Å²) in [4.78, 5) is 0. The van der Waals surface area contributed by atoms with Crippen LogP contribution in [0.2, 0.25) is 0 Å². The van der Waals surface area contributed by atoms with Gasteiger partial charge in [-0.1, -0.05) is 0 Å². The minimum absolute atomic E-state index is 0.125. The Morgan fingerprint density at radius 2 is 2.23 bits per heavy atom. The standard InChI is InChI=1S/C8H18N2O3/c1-4(9)6-3-5(11)7(10)8(12-2)13-6/h4-8,11H,3,9-10H2,1-2H3/t4?,5?,6?,7?,8-/m0/s1. The summed E-state index contributed by atoms with van der Waals surface area (Å²) in [7, 11) is 1.50. The van der Waals surface area contributed by atoms with Crippen LogP contribution in [0.5, 0.6) is 0 Å². The molecule has 0 bridgehead atoms. The molecule has 0 aliphatic carbocycles. The van der Waals surface area contributed by atoms with E-state index in [0.29, 0.717) is 6.42 Å². The first-order valence-electron chi connectivity index (χ1n) is 4.43. The molecular weight excluding hydrogens is 172 g/mol. The Balaban J connectivity index is 2.58. The van der Waals surface area contributed by atoms with E-state index in [1.165, 1.54) is 7.11 Å². The second kappa shape index (κ2) is 4.34.